The van der Waals surface area contributed by atoms with E-state index in [2.05, 4.69) is 0 Å². The van der Waals surface area contributed by atoms with E-state index in [9.17, 15) is 9.59 Å². The second-order valence-electron chi connectivity index (χ2n) is 8.06. The fraction of sp³-hybridized carbons (Fsp3) is 0.0714. The summed E-state index contributed by atoms with van der Waals surface area (Å²) in [5.41, 5.74) is 4.51. The monoisotopic (exact) mass is 466 g/mol. The molecule has 0 bridgehead atoms. The van der Waals surface area contributed by atoms with Crippen LogP contribution in [0.15, 0.2) is 97.1 Å². The Balaban J connectivity index is 1.26. The molecule has 4 aromatic rings. The zero-order chi connectivity index (χ0) is 24.6. The van der Waals surface area contributed by atoms with Gasteiger partial charge < -0.3 is 19.5 Å². The van der Waals surface area contributed by atoms with Crippen molar-refractivity contribution in [2.24, 2.45) is 0 Å². The summed E-state index contributed by atoms with van der Waals surface area (Å²) in [6.45, 7) is 0. The van der Waals surface area contributed by atoms with Crippen molar-refractivity contribution < 1.29 is 29.1 Å². The van der Waals surface area contributed by atoms with Crippen LogP contribution in [0.5, 0.6) is 11.5 Å². The standard InChI is InChI=1S/C28H23BO6/c30-27(31)23-5-1-3-21(17-23)15-19-7-11-25(12-8-19)34-29-35-26-13-9-20(10-14-26)16-22-4-2-6-24(18-22)28(32)33/h1-14,17-18,29H,15-16H2,(H,30,31)(H,32,33). The molecule has 0 aliphatic heterocycles. The Kier molecular flexibility index (Phi) is 7.48. The fourth-order valence-electron chi connectivity index (χ4n) is 3.67. The number of aromatic carboxylic acids is 2. The molecule has 0 saturated heterocycles. The van der Waals surface area contributed by atoms with Gasteiger partial charge in [-0.1, -0.05) is 48.5 Å². The van der Waals surface area contributed by atoms with Gasteiger partial charge in [0.25, 0.3) is 0 Å². The molecule has 4 rings (SSSR count). The average molecular weight is 466 g/mol. The van der Waals surface area contributed by atoms with Crippen LogP contribution < -0.4 is 9.31 Å². The van der Waals surface area contributed by atoms with Gasteiger partial charge in [-0.15, -0.1) is 0 Å². The van der Waals surface area contributed by atoms with Crippen LogP contribution in [0.4, 0.5) is 0 Å². The molecule has 0 atom stereocenters. The summed E-state index contributed by atoms with van der Waals surface area (Å²) in [6.07, 6.45) is 1.26. The van der Waals surface area contributed by atoms with Gasteiger partial charge in [-0.25, -0.2) is 9.59 Å². The second kappa shape index (κ2) is 11.1. The Hall–Kier alpha value is -4.52. The fourth-order valence-corrected chi connectivity index (χ4v) is 3.67. The third-order valence-electron chi connectivity index (χ3n) is 5.46. The van der Waals surface area contributed by atoms with E-state index in [4.69, 9.17) is 19.5 Å². The van der Waals surface area contributed by atoms with Gasteiger partial charge in [0.1, 0.15) is 11.5 Å². The minimum absolute atomic E-state index is 0.0556. The molecular weight excluding hydrogens is 443 g/mol. The maximum Gasteiger partial charge on any atom is 0.576 e. The molecule has 7 heteroatoms. The highest BCUT2D eigenvalue weighted by Gasteiger charge is 2.06. The minimum atomic E-state index is -0.934. The molecule has 0 heterocycles. The molecule has 0 aliphatic carbocycles. The van der Waals surface area contributed by atoms with E-state index in [1.807, 2.05) is 60.7 Å². The van der Waals surface area contributed by atoms with Crippen molar-refractivity contribution in [1.29, 1.82) is 0 Å². The zero-order valence-corrected chi connectivity index (χ0v) is 18.9. The lowest BCUT2D eigenvalue weighted by Gasteiger charge is -2.09. The minimum Gasteiger partial charge on any atom is -0.529 e. The van der Waals surface area contributed by atoms with Crippen molar-refractivity contribution in [2.45, 2.75) is 12.8 Å². The third-order valence-corrected chi connectivity index (χ3v) is 5.46. The Morgan fingerprint density at radius 1 is 0.571 bits per heavy atom. The van der Waals surface area contributed by atoms with Crippen LogP contribution in [-0.4, -0.2) is 29.8 Å². The molecule has 0 aromatic heterocycles. The van der Waals surface area contributed by atoms with Gasteiger partial charge in [0.05, 0.1) is 11.1 Å². The number of rotatable bonds is 10. The van der Waals surface area contributed by atoms with Gasteiger partial charge in [0.15, 0.2) is 0 Å². The molecule has 0 saturated carbocycles. The number of benzene rings is 4. The van der Waals surface area contributed by atoms with Crippen molar-refractivity contribution in [3.05, 3.63) is 130 Å². The first kappa shape index (κ1) is 23.6. The summed E-state index contributed by atoms with van der Waals surface area (Å²) in [5.74, 6) is -0.530. The maximum absolute atomic E-state index is 11.1. The summed E-state index contributed by atoms with van der Waals surface area (Å²) in [4.78, 5) is 22.3. The van der Waals surface area contributed by atoms with Gasteiger partial charge in [-0.2, -0.15) is 0 Å². The molecule has 2 N–H and O–H groups in total. The van der Waals surface area contributed by atoms with Gasteiger partial charge in [-0.3, -0.25) is 0 Å². The van der Waals surface area contributed by atoms with Crippen LogP contribution in [0, 0.1) is 0 Å². The van der Waals surface area contributed by atoms with E-state index in [0.717, 1.165) is 22.3 Å². The van der Waals surface area contributed by atoms with Gasteiger partial charge in [0.2, 0.25) is 0 Å². The zero-order valence-electron chi connectivity index (χ0n) is 18.9. The Morgan fingerprint density at radius 3 is 1.34 bits per heavy atom. The van der Waals surface area contributed by atoms with Crippen molar-refractivity contribution >= 4 is 19.6 Å². The van der Waals surface area contributed by atoms with Crippen LogP contribution in [0.25, 0.3) is 0 Å². The van der Waals surface area contributed by atoms with Crippen molar-refractivity contribution in [2.75, 3.05) is 0 Å². The lowest BCUT2D eigenvalue weighted by Crippen LogP contribution is -2.10. The van der Waals surface area contributed by atoms with Crippen molar-refractivity contribution in [3.8, 4) is 11.5 Å². The summed E-state index contributed by atoms with van der Waals surface area (Å²) in [5, 5.41) is 18.3. The van der Waals surface area contributed by atoms with E-state index in [-0.39, 0.29) is 18.8 Å². The number of carbonyl (C=O) groups is 2. The highest BCUT2D eigenvalue weighted by molar-refractivity contribution is 6.20. The number of carboxylic acids is 2. The smallest absolute Gasteiger partial charge is 0.529 e. The van der Waals surface area contributed by atoms with Gasteiger partial charge >= 0.3 is 19.6 Å². The Bertz CT molecular complexity index is 1210. The summed E-state index contributed by atoms with van der Waals surface area (Å²) in [7, 11) is 0.0556. The van der Waals surface area contributed by atoms with E-state index >= 15 is 0 Å². The predicted molar refractivity (Wildman–Crippen MR) is 134 cm³/mol. The van der Waals surface area contributed by atoms with Crippen LogP contribution >= 0.6 is 0 Å². The molecule has 35 heavy (non-hydrogen) atoms. The van der Waals surface area contributed by atoms with E-state index in [0.29, 0.717) is 24.3 Å². The van der Waals surface area contributed by atoms with Gasteiger partial charge in [-0.05, 0) is 83.6 Å². The van der Waals surface area contributed by atoms with E-state index < -0.39 is 11.9 Å². The Labute approximate surface area is 203 Å². The largest absolute Gasteiger partial charge is 0.576 e. The summed E-state index contributed by atoms with van der Waals surface area (Å²) < 4.78 is 11.3. The normalized spacial score (nSPS) is 10.4. The molecule has 4 aromatic carbocycles. The first-order valence-electron chi connectivity index (χ1n) is 11.0. The number of carboxylic acid groups (broad SMARTS) is 2. The maximum atomic E-state index is 11.1. The lowest BCUT2D eigenvalue weighted by molar-refractivity contribution is 0.0686. The molecule has 0 aliphatic rings. The molecule has 6 nitrogen and oxygen atoms in total. The SMILES string of the molecule is O=C(O)c1cccc(Cc2ccc(OBOc3ccc(Cc4cccc(C(=O)O)c4)cc3)cc2)c1. The molecule has 0 amide bonds. The van der Waals surface area contributed by atoms with Crippen molar-refractivity contribution in [3.63, 3.8) is 0 Å². The summed E-state index contributed by atoms with van der Waals surface area (Å²) in [6, 6.07) is 29.0. The molecule has 0 spiro atoms. The molecule has 174 valence electrons. The quantitative estimate of drug-likeness (QED) is 0.320. The summed E-state index contributed by atoms with van der Waals surface area (Å²) >= 11 is 0. The molecule has 0 fully saturated rings. The Morgan fingerprint density at radius 2 is 0.971 bits per heavy atom. The average Bonchev–Trinajstić information content (AvgIpc) is 2.86. The van der Waals surface area contributed by atoms with Crippen molar-refractivity contribution in [1.82, 2.24) is 0 Å². The molecule has 0 radical (unpaired) electrons. The first-order valence-corrected chi connectivity index (χ1v) is 11.0. The third kappa shape index (κ3) is 6.74. The molecular formula is C28H23BO6. The highest BCUT2D eigenvalue weighted by atomic mass is 16.6. The second-order valence-corrected chi connectivity index (χ2v) is 8.06. The predicted octanol–water partition coefficient (Wildman–Crippen LogP) is 4.99. The highest BCUT2D eigenvalue weighted by Crippen LogP contribution is 2.18. The topological polar surface area (TPSA) is 93.1 Å². The van der Waals surface area contributed by atoms with Crippen LogP contribution in [0.2, 0.25) is 0 Å². The van der Waals surface area contributed by atoms with Crippen LogP contribution in [-0.2, 0) is 12.8 Å². The number of hydrogen-bond donors (Lipinski definition) is 2. The lowest BCUT2D eigenvalue weighted by atomic mass is 10.0. The van der Waals surface area contributed by atoms with Gasteiger partial charge in [0, 0.05) is 0 Å². The van der Waals surface area contributed by atoms with Crippen LogP contribution in [0.3, 0.4) is 0 Å². The molecule has 0 unspecified atom stereocenters. The first-order chi connectivity index (χ1) is 17.0. The number of hydrogen-bond acceptors (Lipinski definition) is 4. The van der Waals surface area contributed by atoms with E-state index in [1.54, 1.807) is 36.4 Å². The van der Waals surface area contributed by atoms with Crippen LogP contribution in [0.1, 0.15) is 43.0 Å². The van der Waals surface area contributed by atoms with E-state index in [1.165, 1.54) is 0 Å².